The van der Waals surface area contributed by atoms with Crippen LogP contribution in [0, 0.1) is 17.6 Å². The summed E-state index contributed by atoms with van der Waals surface area (Å²) < 4.78 is 84.3. The van der Waals surface area contributed by atoms with Gasteiger partial charge in [0.15, 0.2) is 17.2 Å². The van der Waals surface area contributed by atoms with Crippen LogP contribution in [0.5, 0.6) is 5.75 Å². The van der Waals surface area contributed by atoms with Gasteiger partial charge in [0, 0.05) is 24.5 Å². The van der Waals surface area contributed by atoms with E-state index in [1.807, 2.05) is 0 Å². The molecule has 0 spiro atoms. The van der Waals surface area contributed by atoms with Crippen molar-refractivity contribution in [2.24, 2.45) is 11.7 Å². The fraction of sp³-hybridized carbons (Fsp3) is 0.611. The van der Waals surface area contributed by atoms with Crippen molar-refractivity contribution in [3.63, 3.8) is 0 Å². The number of hydrogen-bond acceptors (Lipinski definition) is 4. The zero-order valence-electron chi connectivity index (χ0n) is 15.8. The maximum Gasteiger partial charge on any atom is 0.417 e. The average Bonchev–Trinajstić information content (AvgIpc) is 2.88. The number of nitrogens with two attached hydrogens (primary N) is 1. The topological polar surface area (TPSA) is 70.8 Å². The maximum atomic E-state index is 14.4. The van der Waals surface area contributed by atoms with Gasteiger partial charge in [-0.25, -0.2) is 4.39 Å². The van der Waals surface area contributed by atoms with Gasteiger partial charge >= 0.3 is 6.18 Å². The van der Waals surface area contributed by atoms with Crippen LogP contribution in [0.3, 0.4) is 0 Å². The Morgan fingerprint density at radius 1 is 1.36 bits per heavy atom. The Hall–Kier alpha value is -1.94. The number of primary amides is 1. The summed E-state index contributed by atoms with van der Waals surface area (Å²) in [7, 11) is 1.38. The van der Waals surface area contributed by atoms with Crippen LogP contribution in [-0.4, -0.2) is 43.6 Å². The van der Waals surface area contributed by atoms with Crippen LogP contribution in [0.4, 0.5) is 22.0 Å². The molecule has 1 heterocycles. The number of amides is 1. The van der Waals surface area contributed by atoms with Crippen molar-refractivity contribution in [1.82, 2.24) is 0 Å². The molecule has 0 aliphatic carbocycles. The molecule has 1 aromatic rings. The van der Waals surface area contributed by atoms with Gasteiger partial charge in [0.05, 0.1) is 6.10 Å². The molecule has 1 aliphatic heterocycles. The summed E-state index contributed by atoms with van der Waals surface area (Å²) in [6.07, 6.45) is -7.02. The Morgan fingerprint density at radius 3 is 2.46 bits per heavy atom. The molecule has 0 bridgehead atoms. The van der Waals surface area contributed by atoms with E-state index in [9.17, 15) is 26.7 Å². The van der Waals surface area contributed by atoms with Crippen LogP contribution >= 0.6 is 0 Å². The van der Waals surface area contributed by atoms with E-state index < -0.39 is 59.1 Å². The second-order valence-corrected chi connectivity index (χ2v) is 7.00. The van der Waals surface area contributed by atoms with Crippen LogP contribution in [0.2, 0.25) is 0 Å². The molecule has 2 N–H and O–H groups in total. The lowest BCUT2D eigenvalue weighted by Gasteiger charge is -2.32. The van der Waals surface area contributed by atoms with Crippen molar-refractivity contribution in [3.8, 4) is 5.75 Å². The van der Waals surface area contributed by atoms with E-state index >= 15 is 0 Å². The summed E-state index contributed by atoms with van der Waals surface area (Å²) in [6.45, 7) is 3.42. The third kappa shape index (κ3) is 3.80. The van der Waals surface area contributed by atoms with Crippen LogP contribution in [0.15, 0.2) is 12.1 Å². The Balaban J connectivity index is 2.57. The number of benzene rings is 1. The zero-order valence-corrected chi connectivity index (χ0v) is 15.8. The first-order valence-electron chi connectivity index (χ1n) is 8.52. The number of hydrogen-bond donors (Lipinski definition) is 1. The van der Waals surface area contributed by atoms with Gasteiger partial charge in [0.1, 0.15) is 12.7 Å². The average molecular weight is 411 g/mol. The molecular formula is C18H22F5NO4. The largest absolute Gasteiger partial charge is 0.487 e. The Labute approximate surface area is 158 Å². The van der Waals surface area contributed by atoms with E-state index in [0.717, 1.165) is 19.1 Å². The normalized spacial score (nSPS) is 29.0. The summed E-state index contributed by atoms with van der Waals surface area (Å²) >= 11 is 0. The van der Waals surface area contributed by atoms with Gasteiger partial charge in [-0.1, -0.05) is 13.0 Å². The number of halogens is 5. The molecule has 158 valence electrons. The van der Waals surface area contributed by atoms with Gasteiger partial charge in [0.2, 0.25) is 11.7 Å². The maximum absolute atomic E-state index is 14.4. The highest BCUT2D eigenvalue weighted by atomic mass is 19.4. The number of rotatable bonds is 6. The second-order valence-electron chi connectivity index (χ2n) is 7.00. The molecule has 1 amide bonds. The highest BCUT2D eigenvalue weighted by molar-refractivity contribution is 5.81. The van der Waals surface area contributed by atoms with E-state index in [0.29, 0.717) is 0 Å². The molecule has 10 heteroatoms. The number of ether oxygens (including phenoxy) is 3. The fourth-order valence-corrected chi connectivity index (χ4v) is 3.27. The molecular weight excluding hydrogens is 389 g/mol. The van der Waals surface area contributed by atoms with Gasteiger partial charge in [-0.2, -0.15) is 17.6 Å². The van der Waals surface area contributed by atoms with E-state index in [4.69, 9.17) is 19.9 Å². The molecule has 2 rings (SSSR count). The molecule has 0 aromatic heterocycles. The van der Waals surface area contributed by atoms with Gasteiger partial charge in [-0.15, -0.1) is 0 Å². The molecule has 1 aromatic carbocycles. The van der Waals surface area contributed by atoms with Crippen molar-refractivity contribution < 1.29 is 41.0 Å². The number of alkyl halides is 3. The van der Waals surface area contributed by atoms with Gasteiger partial charge in [-0.3, -0.25) is 4.79 Å². The Morgan fingerprint density at radius 2 is 1.96 bits per heavy atom. The minimum Gasteiger partial charge on any atom is -0.487 e. The van der Waals surface area contributed by atoms with E-state index in [1.165, 1.54) is 14.0 Å². The first-order valence-corrected chi connectivity index (χ1v) is 8.52. The third-order valence-electron chi connectivity index (χ3n) is 5.25. The summed E-state index contributed by atoms with van der Waals surface area (Å²) in [5, 5.41) is 0. The highest BCUT2D eigenvalue weighted by Crippen LogP contribution is 2.54. The standard InChI is InChI=1S/C18H22F5NO4/c1-8(26-4)7-27-14-10(5-6-11(19)13(14)20)12-9(2)17(3,18(21,22)23)28-15(12)16(24)25/h5-6,8-9,12,15H,7H2,1-4H3,(H2,24,25)/t8-,9?,12?,15?,17?/m0/s1. The lowest BCUT2D eigenvalue weighted by molar-refractivity contribution is -0.272. The number of carbonyl (C=O) groups excluding carboxylic acids is 1. The zero-order chi connectivity index (χ0) is 21.4. The molecule has 0 saturated carbocycles. The highest BCUT2D eigenvalue weighted by Gasteiger charge is 2.65. The monoisotopic (exact) mass is 411 g/mol. The Bertz CT molecular complexity index is 741. The van der Waals surface area contributed by atoms with E-state index in [1.54, 1.807) is 6.92 Å². The SMILES string of the molecule is CO[C@@H](C)COc1c(C2C(C(N)=O)OC(C)(C(F)(F)F)C2C)ccc(F)c1F. The predicted octanol–water partition coefficient (Wildman–Crippen LogP) is 3.30. The van der Waals surface area contributed by atoms with Crippen molar-refractivity contribution in [1.29, 1.82) is 0 Å². The molecule has 4 unspecified atom stereocenters. The molecule has 0 radical (unpaired) electrons. The minimum absolute atomic E-state index is 0.133. The van der Waals surface area contributed by atoms with E-state index in [-0.39, 0.29) is 12.2 Å². The molecule has 5 nitrogen and oxygen atoms in total. The summed E-state index contributed by atoms with van der Waals surface area (Å²) in [5.41, 5.74) is 2.41. The lowest BCUT2D eigenvalue weighted by atomic mass is 9.77. The fourth-order valence-electron chi connectivity index (χ4n) is 3.27. The van der Waals surface area contributed by atoms with Crippen LogP contribution in [0.1, 0.15) is 32.3 Å². The third-order valence-corrected chi connectivity index (χ3v) is 5.25. The van der Waals surface area contributed by atoms with Crippen LogP contribution in [-0.2, 0) is 14.3 Å². The summed E-state index contributed by atoms with van der Waals surface area (Å²) in [4.78, 5) is 11.8. The summed E-state index contributed by atoms with van der Waals surface area (Å²) in [6, 6.07) is 1.83. The van der Waals surface area contributed by atoms with Gasteiger partial charge in [-0.05, 0) is 19.9 Å². The predicted molar refractivity (Wildman–Crippen MR) is 88.8 cm³/mol. The molecule has 1 saturated heterocycles. The molecule has 28 heavy (non-hydrogen) atoms. The minimum atomic E-state index is -4.82. The van der Waals surface area contributed by atoms with Gasteiger partial charge < -0.3 is 19.9 Å². The first kappa shape index (κ1) is 22.4. The summed E-state index contributed by atoms with van der Waals surface area (Å²) in [5.74, 6) is -7.00. The first-order chi connectivity index (χ1) is 12.8. The molecule has 5 atom stereocenters. The van der Waals surface area contributed by atoms with Gasteiger partial charge in [0.25, 0.3) is 0 Å². The van der Waals surface area contributed by atoms with Crippen molar-refractivity contribution >= 4 is 5.91 Å². The van der Waals surface area contributed by atoms with E-state index in [2.05, 4.69) is 0 Å². The Kier molecular flexibility index (Phi) is 6.25. The van der Waals surface area contributed by atoms with Crippen molar-refractivity contribution in [2.75, 3.05) is 13.7 Å². The lowest BCUT2D eigenvalue weighted by Crippen LogP contribution is -2.47. The van der Waals surface area contributed by atoms with Crippen molar-refractivity contribution in [3.05, 3.63) is 29.3 Å². The quantitative estimate of drug-likeness (QED) is 0.730. The van der Waals surface area contributed by atoms with Crippen LogP contribution < -0.4 is 10.5 Å². The number of methoxy groups -OCH3 is 1. The molecule has 1 fully saturated rings. The van der Waals surface area contributed by atoms with Crippen LogP contribution in [0.25, 0.3) is 0 Å². The smallest absolute Gasteiger partial charge is 0.417 e. The number of carbonyl (C=O) groups is 1. The second kappa shape index (κ2) is 7.82. The molecule has 1 aliphatic rings. The van der Waals surface area contributed by atoms with Crippen molar-refractivity contribution in [2.45, 2.75) is 50.7 Å².